The summed E-state index contributed by atoms with van der Waals surface area (Å²) in [5.41, 5.74) is 2.22. The van der Waals surface area contributed by atoms with Crippen LogP contribution < -0.4 is 5.32 Å². The Bertz CT molecular complexity index is 465. The average molecular weight is 260 g/mol. The highest BCUT2D eigenvalue weighted by atomic mass is 16.2. The Balaban J connectivity index is 1.76. The number of carbonyl (C=O) groups excluding carboxylic acids is 2. The highest BCUT2D eigenvalue weighted by Gasteiger charge is 2.20. The van der Waals surface area contributed by atoms with E-state index in [0.29, 0.717) is 6.54 Å². The Morgan fingerprint density at radius 2 is 2.00 bits per heavy atom. The molecule has 0 aliphatic carbocycles. The van der Waals surface area contributed by atoms with E-state index in [-0.39, 0.29) is 18.2 Å². The number of aryl methyl sites for hydroxylation is 1. The normalized spacial score (nSPS) is 14.5. The molecule has 0 atom stereocenters. The van der Waals surface area contributed by atoms with E-state index in [1.807, 2.05) is 31.2 Å². The smallest absolute Gasteiger partial charge is 0.232 e. The van der Waals surface area contributed by atoms with Crippen LogP contribution in [0.15, 0.2) is 24.3 Å². The summed E-state index contributed by atoms with van der Waals surface area (Å²) >= 11 is 0. The van der Waals surface area contributed by atoms with Gasteiger partial charge in [-0.3, -0.25) is 9.59 Å². The first-order valence-electron chi connectivity index (χ1n) is 6.75. The fourth-order valence-corrected chi connectivity index (χ4v) is 2.30. The largest absolute Gasteiger partial charge is 0.352 e. The van der Waals surface area contributed by atoms with Crippen molar-refractivity contribution in [3.8, 4) is 0 Å². The predicted octanol–water partition coefficient (Wildman–Crippen LogP) is 1.62. The maximum atomic E-state index is 11.8. The third-order valence-corrected chi connectivity index (χ3v) is 3.34. The summed E-state index contributed by atoms with van der Waals surface area (Å²) in [6, 6.07) is 7.98. The topological polar surface area (TPSA) is 49.4 Å². The number of carbonyl (C=O) groups is 2. The molecule has 0 spiro atoms. The van der Waals surface area contributed by atoms with E-state index in [9.17, 15) is 9.59 Å². The summed E-state index contributed by atoms with van der Waals surface area (Å²) in [5, 5.41) is 2.79. The molecule has 4 nitrogen and oxygen atoms in total. The van der Waals surface area contributed by atoms with Crippen LogP contribution in [-0.2, 0) is 16.1 Å². The van der Waals surface area contributed by atoms with Crippen molar-refractivity contribution in [3.05, 3.63) is 35.4 Å². The molecule has 2 rings (SSSR count). The molecule has 1 fully saturated rings. The Morgan fingerprint density at radius 1 is 1.26 bits per heavy atom. The van der Waals surface area contributed by atoms with Crippen molar-refractivity contribution in [3.63, 3.8) is 0 Å². The van der Waals surface area contributed by atoms with Gasteiger partial charge in [0.2, 0.25) is 11.8 Å². The number of amides is 2. The van der Waals surface area contributed by atoms with Crippen LogP contribution in [-0.4, -0.2) is 29.8 Å². The molecule has 1 saturated heterocycles. The molecule has 0 aromatic heterocycles. The lowest BCUT2D eigenvalue weighted by atomic mass is 10.1. The standard InChI is InChI=1S/C15H20N2O2/c1-12-5-4-6-13(9-12)11-16-14(18)10-15(19)17-7-2-3-8-17/h4-6,9H,2-3,7-8,10-11H2,1H3,(H,16,18). The molecule has 19 heavy (non-hydrogen) atoms. The molecule has 1 N–H and O–H groups in total. The SMILES string of the molecule is Cc1cccc(CNC(=O)CC(=O)N2CCCC2)c1. The number of benzene rings is 1. The minimum absolute atomic E-state index is 0.0359. The van der Waals surface area contributed by atoms with Gasteiger partial charge in [-0.15, -0.1) is 0 Å². The lowest BCUT2D eigenvalue weighted by molar-refractivity contribution is -0.135. The van der Waals surface area contributed by atoms with Crippen molar-refractivity contribution in [2.75, 3.05) is 13.1 Å². The maximum absolute atomic E-state index is 11.8. The van der Waals surface area contributed by atoms with Gasteiger partial charge in [0.1, 0.15) is 6.42 Å². The number of hydrogen-bond acceptors (Lipinski definition) is 2. The maximum Gasteiger partial charge on any atom is 0.232 e. The first-order chi connectivity index (χ1) is 9.15. The molecule has 1 aromatic rings. The molecule has 2 amide bonds. The average Bonchev–Trinajstić information content (AvgIpc) is 2.90. The summed E-state index contributed by atoms with van der Waals surface area (Å²) in [6.45, 7) is 4.09. The summed E-state index contributed by atoms with van der Waals surface area (Å²) in [5.74, 6) is -0.252. The van der Waals surface area contributed by atoms with Crippen molar-refractivity contribution in [1.29, 1.82) is 0 Å². The summed E-state index contributed by atoms with van der Waals surface area (Å²) < 4.78 is 0. The number of rotatable bonds is 4. The van der Waals surface area contributed by atoms with Gasteiger partial charge in [0.15, 0.2) is 0 Å². The minimum atomic E-state index is -0.196. The van der Waals surface area contributed by atoms with E-state index in [0.717, 1.165) is 31.5 Å². The van der Waals surface area contributed by atoms with Gasteiger partial charge in [0.05, 0.1) is 0 Å². The summed E-state index contributed by atoms with van der Waals surface area (Å²) in [4.78, 5) is 25.3. The van der Waals surface area contributed by atoms with Crippen LogP contribution >= 0.6 is 0 Å². The number of hydrogen-bond donors (Lipinski definition) is 1. The van der Waals surface area contributed by atoms with Crippen molar-refractivity contribution < 1.29 is 9.59 Å². The van der Waals surface area contributed by atoms with Crippen molar-refractivity contribution in [2.45, 2.75) is 32.7 Å². The molecule has 4 heteroatoms. The van der Waals surface area contributed by atoms with Gasteiger partial charge < -0.3 is 10.2 Å². The molecule has 1 aliphatic rings. The third kappa shape index (κ3) is 4.09. The van der Waals surface area contributed by atoms with Gasteiger partial charge in [-0.05, 0) is 25.3 Å². The second kappa shape index (κ2) is 6.36. The minimum Gasteiger partial charge on any atom is -0.352 e. The van der Waals surface area contributed by atoms with Gasteiger partial charge in [0, 0.05) is 19.6 Å². The molecule has 0 bridgehead atoms. The van der Waals surface area contributed by atoms with Crippen LogP contribution in [0.1, 0.15) is 30.4 Å². The van der Waals surface area contributed by atoms with E-state index in [2.05, 4.69) is 5.32 Å². The molecule has 0 radical (unpaired) electrons. The molecule has 1 aliphatic heterocycles. The molecule has 0 unspecified atom stereocenters. The predicted molar refractivity (Wildman–Crippen MR) is 73.5 cm³/mol. The highest BCUT2D eigenvalue weighted by Crippen LogP contribution is 2.09. The zero-order valence-corrected chi connectivity index (χ0v) is 11.3. The molecular weight excluding hydrogens is 240 g/mol. The van der Waals surface area contributed by atoms with Crippen LogP contribution in [0.5, 0.6) is 0 Å². The van der Waals surface area contributed by atoms with E-state index < -0.39 is 0 Å². The van der Waals surface area contributed by atoms with E-state index >= 15 is 0 Å². The van der Waals surface area contributed by atoms with Gasteiger partial charge in [-0.1, -0.05) is 29.8 Å². The van der Waals surface area contributed by atoms with Crippen LogP contribution in [0.25, 0.3) is 0 Å². The monoisotopic (exact) mass is 260 g/mol. The number of likely N-dealkylation sites (tertiary alicyclic amines) is 1. The highest BCUT2D eigenvalue weighted by molar-refractivity contribution is 5.96. The second-order valence-corrected chi connectivity index (χ2v) is 5.03. The van der Waals surface area contributed by atoms with Gasteiger partial charge >= 0.3 is 0 Å². The zero-order chi connectivity index (χ0) is 13.7. The van der Waals surface area contributed by atoms with Gasteiger partial charge in [-0.25, -0.2) is 0 Å². The molecule has 1 aromatic carbocycles. The number of nitrogens with zero attached hydrogens (tertiary/aromatic N) is 1. The quantitative estimate of drug-likeness (QED) is 0.836. The van der Waals surface area contributed by atoms with Crippen LogP contribution in [0.4, 0.5) is 0 Å². The van der Waals surface area contributed by atoms with Crippen LogP contribution in [0.3, 0.4) is 0 Å². The number of nitrogens with one attached hydrogen (secondary N) is 1. The van der Waals surface area contributed by atoms with Crippen LogP contribution in [0.2, 0.25) is 0 Å². The fraction of sp³-hybridized carbons (Fsp3) is 0.467. The lowest BCUT2D eigenvalue weighted by Gasteiger charge is -2.14. The first-order valence-corrected chi connectivity index (χ1v) is 6.75. The van der Waals surface area contributed by atoms with Crippen molar-refractivity contribution in [2.24, 2.45) is 0 Å². The third-order valence-electron chi connectivity index (χ3n) is 3.34. The molecule has 1 heterocycles. The Morgan fingerprint density at radius 3 is 2.68 bits per heavy atom. The van der Waals surface area contributed by atoms with Crippen LogP contribution in [0, 0.1) is 6.92 Å². The van der Waals surface area contributed by atoms with Crippen molar-refractivity contribution in [1.82, 2.24) is 10.2 Å². The Hall–Kier alpha value is -1.84. The second-order valence-electron chi connectivity index (χ2n) is 5.03. The Labute approximate surface area is 113 Å². The first kappa shape index (κ1) is 13.6. The van der Waals surface area contributed by atoms with E-state index in [4.69, 9.17) is 0 Å². The van der Waals surface area contributed by atoms with Gasteiger partial charge in [-0.2, -0.15) is 0 Å². The summed E-state index contributed by atoms with van der Waals surface area (Å²) in [7, 11) is 0. The van der Waals surface area contributed by atoms with E-state index in [1.54, 1.807) is 4.90 Å². The lowest BCUT2D eigenvalue weighted by Crippen LogP contribution is -2.33. The van der Waals surface area contributed by atoms with E-state index in [1.165, 1.54) is 5.56 Å². The Kier molecular flexibility index (Phi) is 4.55. The zero-order valence-electron chi connectivity index (χ0n) is 11.3. The molecular formula is C15H20N2O2. The van der Waals surface area contributed by atoms with Crippen molar-refractivity contribution >= 4 is 11.8 Å². The fourth-order valence-electron chi connectivity index (χ4n) is 2.30. The van der Waals surface area contributed by atoms with Gasteiger partial charge in [0.25, 0.3) is 0 Å². The molecule has 102 valence electrons. The summed E-state index contributed by atoms with van der Waals surface area (Å²) in [6.07, 6.45) is 2.07. The molecule has 0 saturated carbocycles.